The van der Waals surface area contributed by atoms with Crippen LogP contribution in [0, 0.1) is 28.6 Å². The fourth-order valence-corrected chi connectivity index (χ4v) is 8.03. The van der Waals surface area contributed by atoms with E-state index >= 15 is 0 Å². The van der Waals surface area contributed by atoms with E-state index in [0.29, 0.717) is 17.8 Å². The first-order valence-electron chi connectivity index (χ1n) is 10.8. The van der Waals surface area contributed by atoms with Crippen LogP contribution in [-0.2, 0) is 19.1 Å². The summed E-state index contributed by atoms with van der Waals surface area (Å²) in [4.78, 5) is 23.8. The van der Waals surface area contributed by atoms with E-state index in [-0.39, 0.29) is 34.8 Å². The largest absolute Gasteiger partial charge is 0.462 e. The molecule has 4 fully saturated rings. The average molecular weight is 373 g/mol. The molecular weight excluding hydrogens is 340 g/mol. The Balaban J connectivity index is 1.43. The molecule has 5 rings (SSSR count). The lowest BCUT2D eigenvalue weighted by atomic mass is 9.47. The van der Waals surface area contributed by atoms with Gasteiger partial charge in [0.15, 0.2) is 11.4 Å². The van der Waals surface area contributed by atoms with Gasteiger partial charge < -0.3 is 9.47 Å². The van der Waals surface area contributed by atoms with Crippen molar-refractivity contribution in [3.63, 3.8) is 0 Å². The summed E-state index contributed by atoms with van der Waals surface area (Å²) >= 11 is 0. The first-order valence-corrected chi connectivity index (χ1v) is 10.8. The summed E-state index contributed by atoms with van der Waals surface area (Å²) in [6, 6.07) is 0. The number of epoxide rings is 1. The monoisotopic (exact) mass is 372 g/mol. The second-order valence-electron chi connectivity index (χ2n) is 10.3. The number of hydrogen-bond donors (Lipinski definition) is 0. The maximum absolute atomic E-state index is 12.5. The Morgan fingerprint density at radius 3 is 2.63 bits per heavy atom. The van der Waals surface area contributed by atoms with Gasteiger partial charge in [0, 0.05) is 18.8 Å². The minimum absolute atomic E-state index is 0.0152. The molecule has 0 bridgehead atoms. The Kier molecular flexibility index (Phi) is 3.62. The Labute approximate surface area is 162 Å². The molecule has 1 aliphatic heterocycles. The molecule has 0 spiro atoms. The molecule has 3 saturated carbocycles. The molecule has 4 nitrogen and oxygen atoms in total. The summed E-state index contributed by atoms with van der Waals surface area (Å²) in [5.41, 5.74) is 1.30. The molecule has 27 heavy (non-hydrogen) atoms. The van der Waals surface area contributed by atoms with Crippen molar-refractivity contribution in [2.45, 2.75) is 90.4 Å². The predicted molar refractivity (Wildman–Crippen MR) is 101 cm³/mol. The summed E-state index contributed by atoms with van der Waals surface area (Å²) in [6.07, 6.45) is 10.1. The third-order valence-corrected chi connectivity index (χ3v) is 9.34. The van der Waals surface area contributed by atoms with E-state index in [1.54, 1.807) is 6.92 Å². The van der Waals surface area contributed by atoms with Crippen LogP contribution >= 0.6 is 0 Å². The van der Waals surface area contributed by atoms with E-state index in [0.717, 1.165) is 38.5 Å². The van der Waals surface area contributed by atoms with Crippen molar-refractivity contribution in [2.75, 3.05) is 0 Å². The zero-order valence-electron chi connectivity index (χ0n) is 17.0. The Bertz CT molecular complexity index is 741. The number of esters is 1. The van der Waals surface area contributed by atoms with Gasteiger partial charge in [-0.25, -0.2) is 0 Å². The smallest absolute Gasteiger partial charge is 0.302 e. The van der Waals surface area contributed by atoms with Crippen LogP contribution in [0.2, 0.25) is 0 Å². The second-order valence-corrected chi connectivity index (χ2v) is 10.3. The molecule has 1 saturated heterocycles. The SMILES string of the molecule is CC(=O)O[C@H]1CC[C@@]2(C)C(=CC[C@H]3[C@H]2CC[C@@]2(C)[C@@H]3C[C@@H]3O[C@@]32C(C)=O)C1. The summed E-state index contributed by atoms with van der Waals surface area (Å²) in [6.45, 7) is 8.03. The standard InChI is InChI=1S/C23H32O4/c1-13(24)23-20(27-23)12-19-17-6-5-15-11-16(26-14(2)25)7-9-21(15,3)18(17)8-10-22(19,23)4/h5,16-20H,6-12H2,1-4H3/t16-,17-,18+,19+,20-,21-,22-,23-/m0/s1. The van der Waals surface area contributed by atoms with Gasteiger partial charge in [-0.3, -0.25) is 9.59 Å². The lowest BCUT2D eigenvalue weighted by molar-refractivity contribution is -0.149. The van der Waals surface area contributed by atoms with Crippen LogP contribution in [0.15, 0.2) is 11.6 Å². The van der Waals surface area contributed by atoms with Crippen molar-refractivity contribution >= 4 is 11.8 Å². The highest BCUT2D eigenvalue weighted by molar-refractivity contribution is 5.90. The van der Waals surface area contributed by atoms with E-state index in [4.69, 9.17) is 9.47 Å². The van der Waals surface area contributed by atoms with Crippen LogP contribution in [0.5, 0.6) is 0 Å². The van der Waals surface area contributed by atoms with Crippen molar-refractivity contribution in [1.29, 1.82) is 0 Å². The van der Waals surface area contributed by atoms with Crippen LogP contribution < -0.4 is 0 Å². The minimum atomic E-state index is -0.472. The number of fused-ring (bicyclic) bond motifs is 7. The first-order chi connectivity index (χ1) is 12.7. The molecule has 0 amide bonds. The maximum Gasteiger partial charge on any atom is 0.302 e. The van der Waals surface area contributed by atoms with Crippen LogP contribution in [0.3, 0.4) is 0 Å². The van der Waals surface area contributed by atoms with Gasteiger partial charge >= 0.3 is 5.97 Å². The van der Waals surface area contributed by atoms with Gasteiger partial charge in [0.2, 0.25) is 0 Å². The number of carbonyl (C=O) groups excluding carboxylic acids is 2. The van der Waals surface area contributed by atoms with Gasteiger partial charge in [0.1, 0.15) is 6.10 Å². The molecule has 0 aromatic rings. The zero-order valence-corrected chi connectivity index (χ0v) is 17.0. The number of ketones is 1. The third kappa shape index (κ3) is 2.14. The number of hydrogen-bond acceptors (Lipinski definition) is 4. The van der Waals surface area contributed by atoms with Gasteiger partial charge in [0.25, 0.3) is 0 Å². The molecule has 0 unspecified atom stereocenters. The molecule has 4 heteroatoms. The van der Waals surface area contributed by atoms with Crippen molar-refractivity contribution in [3.05, 3.63) is 11.6 Å². The Hall–Kier alpha value is -1.16. The topological polar surface area (TPSA) is 55.9 Å². The maximum atomic E-state index is 12.5. The van der Waals surface area contributed by atoms with Crippen molar-refractivity contribution < 1.29 is 19.1 Å². The zero-order chi connectivity index (χ0) is 19.2. The van der Waals surface area contributed by atoms with Gasteiger partial charge in [-0.2, -0.15) is 0 Å². The summed E-state index contributed by atoms with van der Waals surface area (Å²) < 4.78 is 11.6. The van der Waals surface area contributed by atoms with Crippen molar-refractivity contribution in [3.8, 4) is 0 Å². The van der Waals surface area contributed by atoms with Crippen LogP contribution in [0.1, 0.15) is 72.6 Å². The highest BCUT2D eigenvalue weighted by atomic mass is 16.6. The molecule has 1 heterocycles. The predicted octanol–water partition coefficient (Wildman–Crippen LogP) is 4.22. The van der Waals surface area contributed by atoms with E-state index in [1.165, 1.54) is 18.9 Å². The Morgan fingerprint density at radius 1 is 1.15 bits per heavy atom. The van der Waals surface area contributed by atoms with Crippen LogP contribution in [0.4, 0.5) is 0 Å². The van der Waals surface area contributed by atoms with Crippen LogP contribution in [0.25, 0.3) is 0 Å². The summed E-state index contributed by atoms with van der Waals surface area (Å²) in [7, 11) is 0. The fraction of sp³-hybridized carbons (Fsp3) is 0.826. The number of carbonyl (C=O) groups is 2. The lowest BCUT2D eigenvalue weighted by Crippen LogP contribution is -2.54. The number of Topliss-reactive ketones (excluding diaryl/α,β-unsaturated/α-hetero) is 1. The van der Waals surface area contributed by atoms with Gasteiger partial charge in [-0.1, -0.05) is 25.5 Å². The highest BCUT2D eigenvalue weighted by Gasteiger charge is 2.79. The molecule has 0 aromatic carbocycles. The molecular formula is C23H32O4. The molecule has 0 N–H and O–H groups in total. The normalized spacial score (nSPS) is 52.6. The van der Waals surface area contributed by atoms with E-state index < -0.39 is 5.60 Å². The second kappa shape index (κ2) is 5.46. The molecule has 5 aliphatic rings. The van der Waals surface area contributed by atoms with Crippen molar-refractivity contribution in [2.24, 2.45) is 28.6 Å². The van der Waals surface area contributed by atoms with Crippen molar-refractivity contribution in [1.82, 2.24) is 0 Å². The lowest BCUT2D eigenvalue weighted by Gasteiger charge is -2.58. The molecule has 148 valence electrons. The number of allylic oxidation sites excluding steroid dienone is 1. The first kappa shape index (κ1) is 17.9. The number of rotatable bonds is 2. The average Bonchev–Trinajstić information content (AvgIpc) is 3.27. The van der Waals surface area contributed by atoms with Gasteiger partial charge in [-0.05, 0) is 68.6 Å². The highest BCUT2D eigenvalue weighted by Crippen LogP contribution is 2.73. The summed E-state index contributed by atoms with van der Waals surface area (Å²) in [5, 5.41) is 0. The minimum Gasteiger partial charge on any atom is -0.462 e. The molecule has 4 aliphatic carbocycles. The third-order valence-electron chi connectivity index (χ3n) is 9.34. The number of ether oxygens (including phenoxy) is 2. The fourth-order valence-electron chi connectivity index (χ4n) is 8.03. The van der Waals surface area contributed by atoms with Crippen LogP contribution in [-0.4, -0.2) is 29.6 Å². The van der Waals surface area contributed by atoms with E-state index in [1.807, 2.05) is 0 Å². The van der Waals surface area contributed by atoms with Gasteiger partial charge in [-0.15, -0.1) is 0 Å². The van der Waals surface area contributed by atoms with E-state index in [9.17, 15) is 9.59 Å². The molecule has 8 atom stereocenters. The Morgan fingerprint density at radius 2 is 1.93 bits per heavy atom. The molecule has 0 aromatic heterocycles. The molecule has 0 radical (unpaired) electrons. The van der Waals surface area contributed by atoms with Gasteiger partial charge in [0.05, 0.1) is 6.10 Å². The van der Waals surface area contributed by atoms with E-state index in [2.05, 4.69) is 19.9 Å². The summed E-state index contributed by atoms with van der Waals surface area (Å²) in [5.74, 6) is 2.03. The quantitative estimate of drug-likeness (QED) is 0.414.